The van der Waals surface area contributed by atoms with Crippen LogP contribution >= 0.6 is 0 Å². The highest BCUT2D eigenvalue weighted by Crippen LogP contribution is 2.27. The second-order valence-corrected chi connectivity index (χ2v) is 9.90. The van der Waals surface area contributed by atoms with Crippen LogP contribution in [0.4, 0.5) is 0 Å². The fourth-order valence-electron chi connectivity index (χ4n) is 4.59. The molecule has 0 aliphatic heterocycles. The minimum atomic E-state index is 0.243. The number of rotatable bonds is 11. The second kappa shape index (κ2) is 11.8. The van der Waals surface area contributed by atoms with Crippen molar-refractivity contribution >= 4 is 10.9 Å². The minimum absolute atomic E-state index is 0.243. The summed E-state index contributed by atoms with van der Waals surface area (Å²) in [6, 6.07) is 28.2. The first kappa shape index (κ1) is 25.3. The molecule has 3 aromatic carbocycles. The van der Waals surface area contributed by atoms with Crippen molar-refractivity contribution in [3.8, 4) is 11.8 Å². The van der Waals surface area contributed by atoms with E-state index in [4.69, 9.17) is 14.5 Å². The summed E-state index contributed by atoms with van der Waals surface area (Å²) in [5.41, 5.74) is 5.32. The zero-order valence-corrected chi connectivity index (χ0v) is 21.9. The zero-order chi connectivity index (χ0) is 26.3. The van der Waals surface area contributed by atoms with E-state index in [1.807, 2.05) is 72.9 Å². The first-order chi connectivity index (χ1) is 18.6. The van der Waals surface area contributed by atoms with E-state index in [1.165, 1.54) is 0 Å². The molecule has 0 atom stereocenters. The van der Waals surface area contributed by atoms with Crippen LogP contribution in [-0.2, 0) is 25.9 Å². The molecule has 0 amide bonds. The summed E-state index contributed by atoms with van der Waals surface area (Å²) in [4.78, 5) is 8.25. The van der Waals surface area contributed by atoms with Crippen molar-refractivity contribution in [3.63, 3.8) is 0 Å². The van der Waals surface area contributed by atoms with Gasteiger partial charge in [0.25, 0.3) is 11.6 Å². The quantitative estimate of drug-likeness (QED) is 0.171. The highest BCUT2D eigenvalue weighted by molar-refractivity contribution is 5.83. The molecule has 5 aromatic rings. The van der Waals surface area contributed by atoms with E-state index >= 15 is 0 Å². The number of para-hydroxylation sites is 1. The zero-order valence-electron chi connectivity index (χ0n) is 21.9. The van der Waals surface area contributed by atoms with Crippen LogP contribution in [-0.4, -0.2) is 16.6 Å². The molecule has 0 aliphatic rings. The normalized spacial score (nSPS) is 11.2. The number of H-pyrrole nitrogens is 1. The molecule has 0 unspecified atom stereocenters. The van der Waals surface area contributed by atoms with E-state index in [2.05, 4.69) is 37.0 Å². The van der Waals surface area contributed by atoms with Gasteiger partial charge in [-0.2, -0.15) is 0 Å². The van der Waals surface area contributed by atoms with Crippen molar-refractivity contribution in [1.82, 2.24) is 9.97 Å². The Morgan fingerprint density at radius 1 is 0.868 bits per heavy atom. The van der Waals surface area contributed by atoms with Crippen LogP contribution in [0.3, 0.4) is 0 Å². The van der Waals surface area contributed by atoms with Gasteiger partial charge in [0.15, 0.2) is 5.69 Å². The lowest BCUT2D eigenvalue weighted by atomic mass is 10.1. The maximum atomic E-state index is 13.9. The molecule has 0 fully saturated rings. The van der Waals surface area contributed by atoms with Gasteiger partial charge in [0.05, 0.1) is 6.61 Å². The molecule has 0 spiro atoms. The molecule has 0 bridgehead atoms. The summed E-state index contributed by atoms with van der Waals surface area (Å²) in [5, 5.41) is 15.0. The molecule has 2 heterocycles. The number of nitrogens with zero attached hydrogens (tertiary/aromatic N) is 2. The Hall–Kier alpha value is -4.32. The van der Waals surface area contributed by atoms with E-state index < -0.39 is 0 Å². The molecule has 194 valence electrons. The fraction of sp³-hybridized carbons (Fsp3) is 0.250. The van der Waals surface area contributed by atoms with Crippen molar-refractivity contribution in [2.45, 2.75) is 39.7 Å². The summed E-state index contributed by atoms with van der Waals surface area (Å²) in [6.45, 7) is 4.87. The lowest BCUT2D eigenvalue weighted by molar-refractivity contribution is -0.623. The lowest BCUT2D eigenvalue weighted by Crippen LogP contribution is -2.38. The third-order valence-electron chi connectivity index (χ3n) is 6.48. The Labute approximate surface area is 223 Å². The van der Waals surface area contributed by atoms with Crippen molar-refractivity contribution in [2.24, 2.45) is 5.92 Å². The van der Waals surface area contributed by atoms with Gasteiger partial charge in [-0.1, -0.05) is 92.7 Å². The van der Waals surface area contributed by atoms with Gasteiger partial charge in [0.1, 0.15) is 6.61 Å². The molecule has 38 heavy (non-hydrogen) atoms. The predicted molar refractivity (Wildman–Crippen MR) is 149 cm³/mol. The van der Waals surface area contributed by atoms with Gasteiger partial charge in [-0.25, -0.2) is 4.98 Å². The lowest BCUT2D eigenvalue weighted by Gasteiger charge is -2.17. The van der Waals surface area contributed by atoms with E-state index in [-0.39, 0.29) is 11.8 Å². The van der Waals surface area contributed by atoms with Crippen molar-refractivity contribution in [1.29, 1.82) is 0 Å². The first-order valence-electron chi connectivity index (χ1n) is 13.1. The summed E-state index contributed by atoms with van der Waals surface area (Å²) >= 11 is 0. The van der Waals surface area contributed by atoms with E-state index in [0.29, 0.717) is 49.7 Å². The molecular weight excluding hydrogens is 474 g/mol. The second-order valence-electron chi connectivity index (χ2n) is 9.90. The molecule has 5 rings (SSSR count). The minimum Gasteiger partial charge on any atom is -0.616 e. The van der Waals surface area contributed by atoms with Crippen LogP contribution in [0.15, 0.2) is 91.1 Å². The SMILES string of the molecule is CC(C)Cc1c(OCc2ccccc2)nc(Cc2c[nH]c3ccccc23)c(OCCc2ccccc2)[n+]1[O-]. The Morgan fingerprint density at radius 2 is 1.55 bits per heavy atom. The highest BCUT2D eigenvalue weighted by atomic mass is 16.6. The van der Waals surface area contributed by atoms with Crippen LogP contribution in [0, 0.1) is 11.1 Å². The van der Waals surface area contributed by atoms with E-state index in [1.54, 1.807) is 0 Å². The molecule has 0 radical (unpaired) electrons. The highest BCUT2D eigenvalue weighted by Gasteiger charge is 2.28. The average Bonchev–Trinajstić information content (AvgIpc) is 3.34. The number of benzene rings is 3. The van der Waals surface area contributed by atoms with Crippen LogP contribution < -0.4 is 14.2 Å². The number of aromatic amines is 1. The number of nitrogens with one attached hydrogen (secondary N) is 1. The van der Waals surface area contributed by atoms with Gasteiger partial charge < -0.3 is 19.7 Å². The predicted octanol–water partition coefficient (Wildman–Crippen LogP) is 6.19. The van der Waals surface area contributed by atoms with E-state index in [0.717, 1.165) is 32.3 Å². The third-order valence-corrected chi connectivity index (χ3v) is 6.48. The number of hydrogen-bond donors (Lipinski definition) is 1. The molecule has 0 saturated heterocycles. The standard InChI is InChI=1S/C32H33N3O3/c1-23(2)19-30-31(38-22-25-13-7-4-8-14-25)34-29(20-26-21-33-28-16-10-9-15-27(26)28)32(35(30)36)37-18-17-24-11-5-3-6-12-24/h3-16,21,23,33H,17-20,22H2,1-2H3. The number of hydrogen-bond acceptors (Lipinski definition) is 4. The number of ether oxygens (including phenoxy) is 2. The maximum absolute atomic E-state index is 13.9. The molecular formula is C32H33N3O3. The van der Waals surface area contributed by atoms with Gasteiger partial charge in [0.2, 0.25) is 0 Å². The van der Waals surface area contributed by atoms with Crippen LogP contribution in [0.2, 0.25) is 0 Å². The Bertz CT molecular complexity index is 1480. The smallest absolute Gasteiger partial charge is 0.402 e. The Kier molecular flexibility index (Phi) is 7.88. The monoisotopic (exact) mass is 507 g/mol. The summed E-state index contributed by atoms with van der Waals surface area (Å²) < 4.78 is 13.3. The van der Waals surface area contributed by atoms with Gasteiger partial charge >= 0.3 is 5.88 Å². The van der Waals surface area contributed by atoms with Crippen molar-refractivity contribution in [3.05, 3.63) is 124 Å². The topological polar surface area (TPSA) is 74.1 Å². The number of fused-ring (bicyclic) bond motifs is 1. The largest absolute Gasteiger partial charge is 0.616 e. The molecule has 0 aliphatic carbocycles. The molecule has 6 nitrogen and oxygen atoms in total. The molecule has 1 N–H and O–H groups in total. The van der Waals surface area contributed by atoms with Gasteiger partial charge in [-0.15, -0.1) is 4.73 Å². The third kappa shape index (κ3) is 5.97. The van der Waals surface area contributed by atoms with Crippen LogP contribution in [0.5, 0.6) is 11.8 Å². The van der Waals surface area contributed by atoms with Crippen molar-refractivity contribution in [2.75, 3.05) is 6.61 Å². The summed E-state index contributed by atoms with van der Waals surface area (Å²) in [5.74, 6) is 0.851. The molecule has 0 saturated carbocycles. The van der Waals surface area contributed by atoms with Gasteiger partial charge in [-0.05, 0) is 28.7 Å². The number of aromatic nitrogens is 3. The van der Waals surface area contributed by atoms with E-state index in [9.17, 15) is 5.21 Å². The Balaban J connectivity index is 1.51. The summed E-state index contributed by atoms with van der Waals surface area (Å²) in [7, 11) is 0. The van der Waals surface area contributed by atoms with Gasteiger partial charge in [-0.3, -0.25) is 0 Å². The first-order valence-corrected chi connectivity index (χ1v) is 13.1. The molecule has 2 aromatic heterocycles. The molecule has 6 heteroatoms. The maximum Gasteiger partial charge on any atom is 0.402 e. The van der Waals surface area contributed by atoms with Gasteiger partial charge in [0, 0.05) is 36.4 Å². The average molecular weight is 508 g/mol. The Morgan fingerprint density at radius 3 is 2.29 bits per heavy atom. The summed E-state index contributed by atoms with van der Waals surface area (Å²) in [6.07, 6.45) is 3.64. The van der Waals surface area contributed by atoms with Crippen molar-refractivity contribution < 1.29 is 14.2 Å². The van der Waals surface area contributed by atoms with Crippen LogP contribution in [0.1, 0.15) is 41.9 Å². The van der Waals surface area contributed by atoms with Crippen LogP contribution in [0.25, 0.3) is 10.9 Å². The fourth-order valence-corrected chi connectivity index (χ4v) is 4.59.